The van der Waals surface area contributed by atoms with Crippen molar-refractivity contribution in [2.75, 3.05) is 9.80 Å². The molecule has 0 radical (unpaired) electrons. The Morgan fingerprint density at radius 1 is 0.646 bits per heavy atom. The maximum atomic E-state index is 4.80. The molecule has 2 aliphatic rings. The monoisotopic (exact) mass is 632 g/mol. The van der Waals surface area contributed by atoms with Crippen molar-refractivity contribution in [3.8, 4) is 0 Å². The van der Waals surface area contributed by atoms with E-state index in [0.29, 0.717) is 0 Å². The summed E-state index contributed by atoms with van der Waals surface area (Å²) in [6.45, 7) is 14.1. The lowest BCUT2D eigenvalue weighted by molar-refractivity contribution is 0.572. The zero-order chi connectivity index (χ0) is 33.5. The summed E-state index contributed by atoms with van der Waals surface area (Å²) in [5, 5.41) is 6.13. The largest absolute Gasteiger partial charge is 0.368 e. The molecular formula is C42H44N6. The van der Waals surface area contributed by atoms with Gasteiger partial charge in [-0.2, -0.15) is 0 Å². The van der Waals surface area contributed by atoms with Gasteiger partial charge < -0.3 is 15.1 Å². The molecule has 0 fully saturated rings. The number of hydrogen-bond acceptors (Lipinski definition) is 6. The smallest absolute Gasteiger partial charge is 0.134 e. The van der Waals surface area contributed by atoms with E-state index in [4.69, 9.17) is 15.0 Å². The van der Waals surface area contributed by atoms with Gasteiger partial charge in [0.1, 0.15) is 23.6 Å². The van der Waals surface area contributed by atoms with Gasteiger partial charge in [-0.25, -0.2) is 15.0 Å². The molecular weight excluding hydrogens is 589 g/mol. The third-order valence-corrected chi connectivity index (χ3v) is 9.18. The predicted octanol–water partition coefficient (Wildman–Crippen LogP) is 9.53. The van der Waals surface area contributed by atoms with Crippen molar-refractivity contribution in [1.29, 1.82) is 0 Å². The van der Waals surface area contributed by atoms with Gasteiger partial charge >= 0.3 is 0 Å². The number of pyridine rings is 3. The molecule has 2 atom stereocenters. The molecule has 0 bridgehead atoms. The van der Waals surface area contributed by atoms with Crippen molar-refractivity contribution in [2.45, 2.75) is 71.0 Å². The number of aromatic nitrogens is 3. The Hall–Kier alpha value is -5.23. The average Bonchev–Trinajstić information content (AvgIpc) is 3.08. The van der Waals surface area contributed by atoms with Gasteiger partial charge in [0.05, 0.1) is 6.04 Å². The molecule has 1 N–H and O–H groups in total. The maximum Gasteiger partial charge on any atom is 0.134 e. The quantitative estimate of drug-likeness (QED) is 0.201. The zero-order valence-corrected chi connectivity index (χ0v) is 28.7. The number of nitrogens with one attached hydrogen (secondary N) is 1. The number of benzene rings is 2. The van der Waals surface area contributed by atoms with Gasteiger partial charge in [0.25, 0.3) is 0 Å². The van der Waals surface area contributed by atoms with Crippen LogP contribution in [0.2, 0.25) is 0 Å². The minimum Gasteiger partial charge on any atom is -0.368 e. The Morgan fingerprint density at radius 3 is 1.77 bits per heavy atom. The van der Waals surface area contributed by atoms with Crippen LogP contribution in [-0.4, -0.2) is 27.2 Å². The highest BCUT2D eigenvalue weighted by Gasteiger charge is 2.35. The van der Waals surface area contributed by atoms with Crippen LogP contribution in [0.5, 0.6) is 0 Å². The molecule has 0 saturated heterocycles. The fraction of sp³-hybridized carbons (Fsp3) is 0.262. The molecule has 2 unspecified atom stereocenters. The molecule has 0 spiro atoms. The van der Waals surface area contributed by atoms with E-state index in [1.54, 1.807) is 0 Å². The third-order valence-electron chi connectivity index (χ3n) is 9.18. The van der Waals surface area contributed by atoms with E-state index in [1.165, 1.54) is 33.0 Å². The minimum absolute atomic E-state index is 0.0326. The SMILES string of the molecule is CC(C)(C)c1c2c(c(C(C)(C)C)c3cc(N(c4ccccn4)C4C=CC=CN4)ccc13)CC(N(c1ccccn1)c1ccccn1)C=C2. The van der Waals surface area contributed by atoms with Crippen LogP contribution in [0.3, 0.4) is 0 Å². The van der Waals surface area contributed by atoms with Crippen molar-refractivity contribution in [1.82, 2.24) is 20.3 Å². The fourth-order valence-electron chi connectivity index (χ4n) is 7.40. The third kappa shape index (κ3) is 5.87. The van der Waals surface area contributed by atoms with Crippen molar-refractivity contribution in [2.24, 2.45) is 0 Å². The zero-order valence-electron chi connectivity index (χ0n) is 28.7. The average molecular weight is 633 g/mol. The highest BCUT2D eigenvalue weighted by molar-refractivity contribution is 5.98. The van der Waals surface area contributed by atoms with Gasteiger partial charge in [-0.3, -0.25) is 0 Å². The van der Waals surface area contributed by atoms with Crippen LogP contribution in [0.15, 0.2) is 122 Å². The van der Waals surface area contributed by atoms with E-state index >= 15 is 0 Å². The molecule has 6 nitrogen and oxygen atoms in total. The van der Waals surface area contributed by atoms with E-state index < -0.39 is 0 Å². The highest BCUT2D eigenvalue weighted by Crippen LogP contribution is 2.47. The molecule has 0 saturated carbocycles. The number of anilines is 4. The van der Waals surface area contributed by atoms with Crippen LogP contribution in [-0.2, 0) is 17.3 Å². The van der Waals surface area contributed by atoms with Crippen LogP contribution >= 0.6 is 0 Å². The first-order valence-corrected chi connectivity index (χ1v) is 16.8. The Morgan fingerprint density at radius 2 is 1.25 bits per heavy atom. The molecule has 6 heteroatoms. The van der Waals surface area contributed by atoms with Crippen molar-refractivity contribution in [3.05, 3.63) is 144 Å². The van der Waals surface area contributed by atoms with Gasteiger partial charge in [-0.1, -0.05) is 84.0 Å². The first-order valence-electron chi connectivity index (χ1n) is 16.8. The molecule has 5 aromatic rings. The Kier molecular flexibility index (Phi) is 8.12. The number of rotatable bonds is 6. The van der Waals surface area contributed by atoms with Crippen LogP contribution in [0.1, 0.15) is 63.8 Å². The first-order chi connectivity index (χ1) is 23.1. The summed E-state index contributed by atoms with van der Waals surface area (Å²) in [6.07, 6.45) is 19.4. The predicted molar refractivity (Wildman–Crippen MR) is 200 cm³/mol. The lowest BCUT2D eigenvalue weighted by atomic mass is 9.70. The summed E-state index contributed by atoms with van der Waals surface area (Å²) >= 11 is 0. The molecule has 1 aliphatic carbocycles. The Labute approximate surface area is 284 Å². The van der Waals surface area contributed by atoms with Crippen LogP contribution in [0.4, 0.5) is 23.1 Å². The fourth-order valence-corrected chi connectivity index (χ4v) is 7.40. The van der Waals surface area contributed by atoms with Crippen LogP contribution in [0.25, 0.3) is 16.8 Å². The topological polar surface area (TPSA) is 57.2 Å². The minimum atomic E-state index is -0.129. The summed E-state index contributed by atoms with van der Waals surface area (Å²) in [6, 6.07) is 25.3. The summed E-state index contributed by atoms with van der Waals surface area (Å²) in [5.41, 5.74) is 6.38. The maximum absolute atomic E-state index is 4.80. The molecule has 48 heavy (non-hydrogen) atoms. The molecule has 1 aliphatic heterocycles. The molecule has 242 valence electrons. The van der Waals surface area contributed by atoms with E-state index in [2.05, 4.69) is 123 Å². The second-order valence-corrected chi connectivity index (χ2v) is 14.7. The van der Waals surface area contributed by atoms with Crippen LogP contribution < -0.4 is 15.1 Å². The molecule has 7 rings (SSSR count). The van der Waals surface area contributed by atoms with E-state index in [0.717, 1.165) is 29.6 Å². The first kappa shape index (κ1) is 31.4. The second kappa shape index (κ2) is 12.4. The van der Waals surface area contributed by atoms with Crippen LogP contribution in [0, 0.1) is 0 Å². The number of allylic oxidation sites excluding steroid dienone is 2. The summed E-state index contributed by atoms with van der Waals surface area (Å²) in [4.78, 5) is 18.9. The molecule has 0 amide bonds. The lowest BCUT2D eigenvalue weighted by Gasteiger charge is -2.39. The Bertz CT molecular complexity index is 1960. The number of hydrogen-bond donors (Lipinski definition) is 1. The molecule has 4 heterocycles. The molecule has 2 aromatic carbocycles. The van der Waals surface area contributed by atoms with E-state index in [-0.39, 0.29) is 23.0 Å². The van der Waals surface area contributed by atoms with Crippen molar-refractivity contribution >= 4 is 40.0 Å². The normalized spacial score (nSPS) is 17.2. The van der Waals surface area contributed by atoms with Crippen molar-refractivity contribution in [3.63, 3.8) is 0 Å². The van der Waals surface area contributed by atoms with Gasteiger partial charge in [0.15, 0.2) is 0 Å². The van der Waals surface area contributed by atoms with E-state index in [1.807, 2.05) is 61.2 Å². The van der Waals surface area contributed by atoms with E-state index in [9.17, 15) is 0 Å². The van der Waals surface area contributed by atoms with Gasteiger partial charge in [-0.15, -0.1) is 0 Å². The van der Waals surface area contributed by atoms with Crippen molar-refractivity contribution < 1.29 is 0 Å². The summed E-state index contributed by atoms with van der Waals surface area (Å²) < 4.78 is 0. The molecule has 3 aromatic heterocycles. The second-order valence-electron chi connectivity index (χ2n) is 14.7. The van der Waals surface area contributed by atoms with Gasteiger partial charge in [-0.05, 0) is 117 Å². The number of dihydropyridines is 1. The highest BCUT2D eigenvalue weighted by atomic mass is 15.3. The Balaban J connectivity index is 1.46. The number of nitrogens with zero attached hydrogens (tertiary/aromatic N) is 5. The number of fused-ring (bicyclic) bond motifs is 2. The van der Waals surface area contributed by atoms with Gasteiger partial charge in [0, 0.05) is 24.3 Å². The van der Waals surface area contributed by atoms with Gasteiger partial charge in [0.2, 0.25) is 0 Å². The standard InChI is InChI=1S/C42H44N6/c1-41(2,3)39-31-21-19-29(47(35-15-7-11-23-43-35)36-16-8-12-24-44-36)27-33(31)40(42(4,5)6)34-28-30(20-22-32(34)39)48(37-17-9-13-25-45-37)38-18-10-14-26-46-38/h7-27,30,35,43H,28H2,1-6H3. The lowest BCUT2D eigenvalue weighted by Crippen LogP contribution is -2.40. The summed E-state index contributed by atoms with van der Waals surface area (Å²) in [7, 11) is 0. The summed E-state index contributed by atoms with van der Waals surface area (Å²) in [5.74, 6) is 2.67.